The summed E-state index contributed by atoms with van der Waals surface area (Å²) in [4.78, 5) is 20.6. The lowest BCUT2D eigenvalue weighted by Crippen LogP contribution is -2.44. The van der Waals surface area contributed by atoms with Crippen LogP contribution in [0, 0.1) is 5.41 Å². The highest BCUT2D eigenvalue weighted by Crippen LogP contribution is 2.49. The molecule has 1 aromatic heterocycles. The second kappa shape index (κ2) is 10.4. The Morgan fingerprint density at radius 3 is 2.47 bits per heavy atom. The summed E-state index contributed by atoms with van der Waals surface area (Å²) in [5.41, 5.74) is 1.38. The van der Waals surface area contributed by atoms with Gasteiger partial charge in [-0.25, -0.2) is 13.4 Å². The number of anilines is 3. The Morgan fingerprint density at radius 2 is 1.81 bits per heavy atom. The average Bonchev–Trinajstić information content (AvgIpc) is 3.43. The molecule has 1 spiro atoms. The Morgan fingerprint density at radius 1 is 1.06 bits per heavy atom. The lowest BCUT2D eigenvalue weighted by Gasteiger charge is -2.48. The molecule has 1 saturated heterocycles. The maximum atomic E-state index is 13.4. The van der Waals surface area contributed by atoms with Crippen molar-refractivity contribution < 1.29 is 18.3 Å². The molecule has 8 nitrogen and oxygen atoms in total. The van der Waals surface area contributed by atoms with Crippen LogP contribution in [0.4, 0.5) is 17.3 Å². The number of carbonyl (C=O) groups excluding carboxylic acids is 1. The molecule has 2 saturated carbocycles. The van der Waals surface area contributed by atoms with Crippen LogP contribution in [0.1, 0.15) is 68.1 Å². The standard InChI is InChI=1S/C27H36N4O4S/c32-18-15-28-24-10-9-23(25(30-24)31-16-13-27(14-17-31)11-4-12-27)26(33)29-20-5-3-8-22(19-20)36(34,35)21-6-1-2-7-21/h3,5,8-10,19,21,32H,1-2,4,6-7,11-18H2,(H,28,30)(H,29,33). The number of carbonyl (C=O) groups is 1. The van der Waals surface area contributed by atoms with Crippen LogP contribution in [0.15, 0.2) is 41.3 Å². The third-order valence-electron chi connectivity index (χ3n) is 8.24. The number of sulfone groups is 1. The molecule has 9 heteroatoms. The van der Waals surface area contributed by atoms with Crippen LogP contribution in [-0.2, 0) is 9.84 Å². The monoisotopic (exact) mass is 512 g/mol. The number of pyridine rings is 1. The van der Waals surface area contributed by atoms with Gasteiger partial charge in [0.2, 0.25) is 0 Å². The van der Waals surface area contributed by atoms with E-state index in [4.69, 9.17) is 4.98 Å². The first kappa shape index (κ1) is 25.0. The Labute approximate surface area is 213 Å². The molecule has 1 amide bonds. The number of hydrogen-bond acceptors (Lipinski definition) is 7. The smallest absolute Gasteiger partial charge is 0.259 e. The summed E-state index contributed by atoms with van der Waals surface area (Å²) in [5, 5.41) is 14.9. The summed E-state index contributed by atoms with van der Waals surface area (Å²) >= 11 is 0. The minimum Gasteiger partial charge on any atom is -0.395 e. The predicted octanol–water partition coefficient (Wildman–Crippen LogP) is 4.22. The first-order valence-electron chi connectivity index (χ1n) is 13.2. The fourth-order valence-corrected chi connectivity index (χ4v) is 7.76. The van der Waals surface area contributed by atoms with Gasteiger partial charge in [-0.2, -0.15) is 0 Å². The number of piperidine rings is 1. The van der Waals surface area contributed by atoms with E-state index in [0.717, 1.165) is 38.8 Å². The molecule has 3 fully saturated rings. The third-order valence-corrected chi connectivity index (χ3v) is 10.5. The highest BCUT2D eigenvalue weighted by atomic mass is 32.2. The van der Waals surface area contributed by atoms with Crippen molar-refractivity contribution >= 4 is 33.1 Å². The Bertz CT molecular complexity index is 1200. The normalized spacial score (nSPS) is 19.8. The number of aromatic nitrogens is 1. The molecule has 194 valence electrons. The summed E-state index contributed by atoms with van der Waals surface area (Å²) in [6, 6.07) is 10.1. The maximum absolute atomic E-state index is 13.4. The second-order valence-corrected chi connectivity index (χ2v) is 12.7. The molecule has 0 unspecified atom stereocenters. The zero-order valence-corrected chi connectivity index (χ0v) is 21.5. The van der Waals surface area contributed by atoms with Gasteiger partial charge in [0.05, 0.1) is 22.3 Å². The van der Waals surface area contributed by atoms with Crippen molar-refractivity contribution in [3.8, 4) is 0 Å². The molecule has 0 atom stereocenters. The first-order valence-corrected chi connectivity index (χ1v) is 14.7. The van der Waals surface area contributed by atoms with Gasteiger partial charge >= 0.3 is 0 Å². The molecule has 3 N–H and O–H groups in total. The van der Waals surface area contributed by atoms with E-state index in [1.165, 1.54) is 19.3 Å². The molecule has 2 aliphatic carbocycles. The maximum Gasteiger partial charge on any atom is 0.259 e. The van der Waals surface area contributed by atoms with Crippen LogP contribution in [0.25, 0.3) is 0 Å². The van der Waals surface area contributed by atoms with Gasteiger partial charge < -0.3 is 20.6 Å². The van der Waals surface area contributed by atoms with E-state index in [1.54, 1.807) is 36.4 Å². The zero-order chi connectivity index (χ0) is 25.2. The summed E-state index contributed by atoms with van der Waals surface area (Å²) in [7, 11) is -3.41. The van der Waals surface area contributed by atoms with E-state index in [-0.39, 0.29) is 22.7 Å². The Hall–Kier alpha value is -2.65. The number of benzene rings is 1. The minimum atomic E-state index is -3.41. The van der Waals surface area contributed by atoms with Crippen LogP contribution in [0.5, 0.6) is 0 Å². The molecule has 0 radical (unpaired) electrons. The fourth-order valence-electron chi connectivity index (χ4n) is 5.86. The average molecular weight is 513 g/mol. The highest BCUT2D eigenvalue weighted by molar-refractivity contribution is 7.92. The van der Waals surface area contributed by atoms with E-state index < -0.39 is 9.84 Å². The molecule has 3 aliphatic rings. The number of aliphatic hydroxyl groups is 1. The van der Waals surface area contributed by atoms with Crippen molar-refractivity contribution in [2.24, 2.45) is 5.41 Å². The van der Waals surface area contributed by atoms with Gasteiger partial charge in [-0.05, 0) is 74.3 Å². The van der Waals surface area contributed by atoms with Gasteiger partial charge in [-0.15, -0.1) is 0 Å². The van der Waals surface area contributed by atoms with Crippen LogP contribution >= 0.6 is 0 Å². The Kier molecular flexibility index (Phi) is 7.21. The van der Waals surface area contributed by atoms with Crippen molar-refractivity contribution in [1.82, 2.24) is 4.98 Å². The summed E-state index contributed by atoms with van der Waals surface area (Å²) in [5.74, 6) is 0.925. The van der Waals surface area contributed by atoms with E-state index >= 15 is 0 Å². The van der Waals surface area contributed by atoms with E-state index in [1.807, 2.05) is 0 Å². The lowest BCUT2D eigenvalue weighted by atomic mass is 9.63. The molecule has 2 heterocycles. The fraction of sp³-hybridized carbons (Fsp3) is 0.556. The van der Waals surface area contributed by atoms with E-state index in [0.29, 0.717) is 47.7 Å². The Balaban J connectivity index is 1.37. The number of aliphatic hydroxyl groups excluding tert-OH is 1. The molecular weight excluding hydrogens is 476 g/mol. The number of amides is 1. The minimum absolute atomic E-state index is 0.00834. The predicted molar refractivity (Wildman–Crippen MR) is 141 cm³/mol. The van der Waals surface area contributed by atoms with Gasteiger partial charge in [0.25, 0.3) is 5.91 Å². The summed E-state index contributed by atoms with van der Waals surface area (Å²) in [6.07, 6.45) is 9.37. The molecule has 36 heavy (non-hydrogen) atoms. The molecule has 2 aromatic rings. The topological polar surface area (TPSA) is 112 Å². The van der Waals surface area contributed by atoms with Crippen LogP contribution < -0.4 is 15.5 Å². The van der Waals surface area contributed by atoms with Crippen LogP contribution in [0.3, 0.4) is 0 Å². The molecular formula is C27H36N4O4S. The molecule has 0 bridgehead atoms. The lowest BCUT2D eigenvalue weighted by molar-refractivity contribution is 0.0950. The van der Waals surface area contributed by atoms with Crippen molar-refractivity contribution in [3.05, 3.63) is 42.0 Å². The van der Waals surface area contributed by atoms with Gasteiger partial charge in [0.15, 0.2) is 9.84 Å². The van der Waals surface area contributed by atoms with Crippen molar-refractivity contribution in [2.45, 2.75) is 67.9 Å². The quantitative estimate of drug-likeness (QED) is 0.485. The van der Waals surface area contributed by atoms with Gasteiger partial charge in [0.1, 0.15) is 11.6 Å². The molecule has 5 rings (SSSR count). The third kappa shape index (κ3) is 5.09. The number of rotatable bonds is 8. The summed E-state index contributed by atoms with van der Waals surface area (Å²) in [6.45, 7) is 2.08. The van der Waals surface area contributed by atoms with Gasteiger partial charge in [-0.1, -0.05) is 25.3 Å². The SMILES string of the molecule is O=C(Nc1cccc(S(=O)(=O)C2CCCC2)c1)c1ccc(NCCO)nc1N1CCC2(CCC2)CC1. The van der Waals surface area contributed by atoms with E-state index in [2.05, 4.69) is 15.5 Å². The second-order valence-electron chi connectivity index (χ2n) is 10.5. The van der Waals surface area contributed by atoms with E-state index in [9.17, 15) is 18.3 Å². The van der Waals surface area contributed by atoms with Gasteiger partial charge in [0, 0.05) is 25.3 Å². The molecule has 1 aliphatic heterocycles. The largest absolute Gasteiger partial charge is 0.395 e. The summed E-state index contributed by atoms with van der Waals surface area (Å²) < 4.78 is 26.1. The van der Waals surface area contributed by atoms with Gasteiger partial charge in [-0.3, -0.25) is 4.79 Å². The number of hydrogen-bond donors (Lipinski definition) is 3. The van der Waals surface area contributed by atoms with Crippen LogP contribution in [-0.4, -0.2) is 55.9 Å². The van der Waals surface area contributed by atoms with Crippen molar-refractivity contribution in [3.63, 3.8) is 0 Å². The van der Waals surface area contributed by atoms with Crippen LogP contribution in [0.2, 0.25) is 0 Å². The first-order chi connectivity index (χ1) is 17.4. The highest BCUT2D eigenvalue weighted by Gasteiger charge is 2.40. The zero-order valence-electron chi connectivity index (χ0n) is 20.7. The van der Waals surface area contributed by atoms with Crippen molar-refractivity contribution in [2.75, 3.05) is 41.8 Å². The number of nitrogens with one attached hydrogen (secondary N) is 2. The van der Waals surface area contributed by atoms with Crippen molar-refractivity contribution in [1.29, 1.82) is 0 Å². The molecule has 1 aromatic carbocycles. The number of nitrogens with zero attached hydrogens (tertiary/aromatic N) is 2.